The Hall–Kier alpha value is -1.36. The third-order valence-electron chi connectivity index (χ3n) is 4.74. The van der Waals surface area contributed by atoms with Crippen LogP contribution in [0.15, 0.2) is 12.4 Å². The number of hydrogen-bond donors (Lipinski definition) is 1. The van der Waals surface area contributed by atoms with Gasteiger partial charge in [-0.2, -0.15) is 0 Å². The topological polar surface area (TPSA) is 44.3 Å². The molecule has 1 N–H and O–H groups in total. The molecule has 0 amide bonds. The monoisotopic (exact) mass is 273 g/mol. The minimum absolute atomic E-state index is 0.646. The van der Waals surface area contributed by atoms with Crippen molar-refractivity contribution in [2.24, 2.45) is 0 Å². The Kier molecular flexibility index (Phi) is 3.22. The van der Waals surface area contributed by atoms with Crippen molar-refractivity contribution in [1.29, 1.82) is 0 Å². The van der Waals surface area contributed by atoms with Crippen molar-refractivity contribution in [2.75, 3.05) is 36.4 Å². The first-order valence-electron chi connectivity index (χ1n) is 7.96. The minimum atomic E-state index is 0.646. The largest absolute Gasteiger partial charge is 0.367 e. The van der Waals surface area contributed by atoms with Crippen LogP contribution in [0.5, 0.6) is 0 Å². The summed E-state index contributed by atoms with van der Waals surface area (Å²) in [6.07, 6.45) is 8.36. The lowest BCUT2D eigenvalue weighted by atomic mass is 9.99. The number of aromatic nitrogens is 2. The quantitative estimate of drug-likeness (QED) is 0.908. The normalized spacial score (nSPS) is 27.2. The third kappa shape index (κ3) is 2.59. The molecule has 1 aliphatic carbocycles. The molecule has 0 aromatic carbocycles. The number of piperazine rings is 1. The highest BCUT2D eigenvalue weighted by atomic mass is 15.3. The molecule has 4 rings (SSSR count). The van der Waals surface area contributed by atoms with Gasteiger partial charge in [-0.05, 0) is 32.2 Å². The fourth-order valence-electron chi connectivity index (χ4n) is 3.40. The molecule has 2 aliphatic heterocycles. The van der Waals surface area contributed by atoms with E-state index in [2.05, 4.69) is 31.2 Å². The highest BCUT2D eigenvalue weighted by Gasteiger charge is 2.29. The number of hydrogen-bond acceptors (Lipinski definition) is 5. The maximum atomic E-state index is 4.48. The third-order valence-corrected chi connectivity index (χ3v) is 4.74. The summed E-state index contributed by atoms with van der Waals surface area (Å²) in [4.78, 5) is 13.9. The van der Waals surface area contributed by atoms with Gasteiger partial charge in [-0.15, -0.1) is 0 Å². The van der Waals surface area contributed by atoms with E-state index in [1.807, 2.05) is 0 Å². The predicted octanol–water partition coefficient (Wildman–Crippen LogP) is 1.73. The summed E-state index contributed by atoms with van der Waals surface area (Å²) < 4.78 is 0. The summed E-state index contributed by atoms with van der Waals surface area (Å²) in [5, 5.41) is 3.46. The van der Waals surface area contributed by atoms with E-state index in [9.17, 15) is 0 Å². The molecule has 3 heterocycles. The van der Waals surface area contributed by atoms with E-state index in [1.165, 1.54) is 45.2 Å². The summed E-state index contributed by atoms with van der Waals surface area (Å²) in [5.74, 6) is 2.08. The lowest BCUT2D eigenvalue weighted by Gasteiger charge is -2.44. The predicted molar refractivity (Wildman–Crippen MR) is 80.1 cm³/mol. The molecule has 5 nitrogen and oxygen atoms in total. The van der Waals surface area contributed by atoms with Gasteiger partial charge in [0.1, 0.15) is 18.0 Å². The summed E-state index contributed by atoms with van der Waals surface area (Å²) in [6, 6.07) is 3.50. The van der Waals surface area contributed by atoms with E-state index in [0.717, 1.165) is 30.8 Å². The summed E-state index contributed by atoms with van der Waals surface area (Å²) in [5.41, 5.74) is 0. The molecule has 20 heavy (non-hydrogen) atoms. The standard InChI is InChI=1S/C15H23N5/c1-2-6-19-7-8-20(10-13(19)3-1)15-9-14(16-11-17-15)18-12-4-5-12/h9,11-13H,1-8,10H2,(H,16,17,18)/t13-/m0/s1. The molecule has 2 saturated heterocycles. The van der Waals surface area contributed by atoms with Crippen LogP contribution >= 0.6 is 0 Å². The molecule has 0 unspecified atom stereocenters. The van der Waals surface area contributed by atoms with Gasteiger partial charge >= 0.3 is 0 Å². The zero-order valence-electron chi connectivity index (χ0n) is 12.0. The molecule has 0 radical (unpaired) electrons. The first kappa shape index (κ1) is 12.4. The van der Waals surface area contributed by atoms with Gasteiger partial charge in [0.15, 0.2) is 0 Å². The van der Waals surface area contributed by atoms with E-state index in [1.54, 1.807) is 6.33 Å². The summed E-state index contributed by atoms with van der Waals surface area (Å²) >= 11 is 0. The van der Waals surface area contributed by atoms with E-state index in [-0.39, 0.29) is 0 Å². The Balaban J connectivity index is 1.46. The highest BCUT2D eigenvalue weighted by Crippen LogP contribution is 2.27. The van der Waals surface area contributed by atoms with Crippen LogP contribution in [0.25, 0.3) is 0 Å². The van der Waals surface area contributed by atoms with Gasteiger partial charge in [-0.25, -0.2) is 9.97 Å². The molecule has 5 heteroatoms. The molecule has 1 saturated carbocycles. The molecule has 1 aromatic rings. The fourth-order valence-corrected chi connectivity index (χ4v) is 3.40. The molecule has 0 bridgehead atoms. The molecule has 3 aliphatic rings. The van der Waals surface area contributed by atoms with E-state index < -0.39 is 0 Å². The number of rotatable bonds is 3. The highest BCUT2D eigenvalue weighted by molar-refractivity contribution is 5.49. The Morgan fingerprint density at radius 2 is 2.00 bits per heavy atom. The van der Waals surface area contributed by atoms with E-state index >= 15 is 0 Å². The lowest BCUT2D eigenvalue weighted by Crippen LogP contribution is -2.55. The Labute approximate surface area is 120 Å². The average Bonchev–Trinajstić information content (AvgIpc) is 3.31. The van der Waals surface area contributed by atoms with Crippen molar-refractivity contribution in [3.63, 3.8) is 0 Å². The molecule has 1 aromatic heterocycles. The second-order valence-corrected chi connectivity index (χ2v) is 6.31. The number of nitrogens with one attached hydrogen (secondary N) is 1. The van der Waals surface area contributed by atoms with E-state index in [0.29, 0.717) is 6.04 Å². The van der Waals surface area contributed by atoms with Gasteiger partial charge in [0, 0.05) is 37.8 Å². The van der Waals surface area contributed by atoms with Gasteiger partial charge in [0.2, 0.25) is 0 Å². The van der Waals surface area contributed by atoms with Crippen LogP contribution < -0.4 is 10.2 Å². The molecular weight excluding hydrogens is 250 g/mol. The second-order valence-electron chi connectivity index (χ2n) is 6.31. The van der Waals surface area contributed by atoms with Crippen molar-refractivity contribution < 1.29 is 0 Å². The molecule has 1 atom stereocenters. The van der Waals surface area contributed by atoms with Crippen molar-refractivity contribution in [3.8, 4) is 0 Å². The minimum Gasteiger partial charge on any atom is -0.367 e. The van der Waals surface area contributed by atoms with Gasteiger partial charge < -0.3 is 10.2 Å². The smallest absolute Gasteiger partial charge is 0.134 e. The average molecular weight is 273 g/mol. The molecular formula is C15H23N5. The molecule has 3 fully saturated rings. The first-order valence-corrected chi connectivity index (χ1v) is 7.96. The number of nitrogens with zero attached hydrogens (tertiary/aromatic N) is 4. The van der Waals surface area contributed by atoms with Crippen LogP contribution in [-0.2, 0) is 0 Å². The van der Waals surface area contributed by atoms with Crippen LogP contribution in [0.1, 0.15) is 32.1 Å². The maximum absolute atomic E-state index is 4.48. The number of anilines is 2. The Bertz CT molecular complexity index is 473. The first-order chi connectivity index (χ1) is 9.88. The van der Waals surface area contributed by atoms with Crippen LogP contribution in [0.2, 0.25) is 0 Å². The molecule has 0 spiro atoms. The van der Waals surface area contributed by atoms with Crippen molar-refractivity contribution in [2.45, 2.75) is 44.2 Å². The van der Waals surface area contributed by atoms with Crippen molar-refractivity contribution in [1.82, 2.24) is 14.9 Å². The van der Waals surface area contributed by atoms with Gasteiger partial charge in [0.25, 0.3) is 0 Å². The Morgan fingerprint density at radius 1 is 1.05 bits per heavy atom. The zero-order chi connectivity index (χ0) is 13.4. The van der Waals surface area contributed by atoms with Gasteiger partial charge in [0.05, 0.1) is 0 Å². The maximum Gasteiger partial charge on any atom is 0.134 e. The van der Waals surface area contributed by atoms with Crippen LogP contribution in [0, 0.1) is 0 Å². The van der Waals surface area contributed by atoms with Crippen LogP contribution in [-0.4, -0.2) is 53.1 Å². The van der Waals surface area contributed by atoms with Crippen molar-refractivity contribution in [3.05, 3.63) is 12.4 Å². The molecule has 108 valence electrons. The van der Waals surface area contributed by atoms with Gasteiger partial charge in [-0.3, -0.25) is 4.90 Å². The van der Waals surface area contributed by atoms with Crippen LogP contribution in [0.4, 0.5) is 11.6 Å². The SMILES string of the molecule is c1nc(NC2CC2)cc(N2CCN3CCCC[C@H]3C2)n1. The van der Waals surface area contributed by atoms with Crippen LogP contribution in [0.3, 0.4) is 0 Å². The van der Waals surface area contributed by atoms with Gasteiger partial charge in [-0.1, -0.05) is 6.42 Å². The van der Waals surface area contributed by atoms with Crippen molar-refractivity contribution >= 4 is 11.6 Å². The second kappa shape index (κ2) is 5.20. The lowest BCUT2D eigenvalue weighted by molar-refractivity contribution is 0.133. The fraction of sp³-hybridized carbons (Fsp3) is 0.733. The zero-order valence-corrected chi connectivity index (χ0v) is 12.0. The van der Waals surface area contributed by atoms with E-state index in [4.69, 9.17) is 0 Å². The summed E-state index contributed by atoms with van der Waals surface area (Å²) in [7, 11) is 0. The number of piperidine rings is 1. The summed E-state index contributed by atoms with van der Waals surface area (Å²) in [6.45, 7) is 4.69. The number of fused-ring (bicyclic) bond motifs is 1. The Morgan fingerprint density at radius 3 is 2.90 bits per heavy atom.